The molecule has 0 saturated carbocycles. The molecule has 1 fully saturated rings. The van der Waals surface area contributed by atoms with Crippen LogP contribution < -0.4 is 4.90 Å². The Morgan fingerprint density at radius 3 is 2.45 bits per heavy atom. The molecule has 7 atom stereocenters. The summed E-state index contributed by atoms with van der Waals surface area (Å²) < 4.78 is 6.42. The van der Waals surface area contributed by atoms with Gasteiger partial charge in [0.2, 0.25) is 0 Å². The number of hydrogen-bond acceptors (Lipinski definition) is 3. The highest BCUT2D eigenvalue weighted by atomic mass is 16.3. The van der Waals surface area contributed by atoms with Crippen LogP contribution in [0.3, 0.4) is 0 Å². The summed E-state index contributed by atoms with van der Waals surface area (Å²) in [4.78, 5) is 5.56. The Kier molecular flexibility index (Phi) is 8.34. The van der Waals surface area contributed by atoms with Crippen LogP contribution in [0.15, 0.2) is 161 Å². The van der Waals surface area contributed by atoms with E-state index in [9.17, 15) is 0 Å². The Labute approximate surface area is 344 Å². The van der Waals surface area contributed by atoms with Crippen LogP contribution in [0.25, 0.3) is 22.6 Å². The van der Waals surface area contributed by atoms with E-state index in [2.05, 4.69) is 156 Å². The number of likely N-dealkylation sites (tertiary alicyclic amines) is 1. The summed E-state index contributed by atoms with van der Waals surface area (Å²) in [6.45, 7) is 0. The fourth-order valence-corrected chi connectivity index (χ4v) is 13.0. The van der Waals surface area contributed by atoms with Crippen molar-refractivity contribution in [2.24, 2.45) is 23.7 Å². The molecular weight excluding hydrogens is 705 g/mol. The van der Waals surface area contributed by atoms with Crippen molar-refractivity contribution in [3.05, 3.63) is 179 Å². The zero-order valence-electron chi connectivity index (χ0n) is 33.6. The fourth-order valence-electron chi connectivity index (χ4n) is 13.0. The molecule has 58 heavy (non-hydrogen) atoms. The molecule has 1 aromatic heterocycles. The molecule has 3 heteroatoms. The van der Waals surface area contributed by atoms with Crippen molar-refractivity contribution in [1.29, 1.82) is 0 Å². The monoisotopic (exact) mass is 758 g/mol. The summed E-state index contributed by atoms with van der Waals surface area (Å²) in [5.41, 5.74) is 13.9. The minimum atomic E-state index is -0.0488. The highest BCUT2D eigenvalue weighted by molar-refractivity contribution is 5.92. The smallest absolute Gasteiger partial charge is 0.135 e. The van der Waals surface area contributed by atoms with E-state index in [0.29, 0.717) is 35.8 Å². The Balaban J connectivity index is 1.03. The summed E-state index contributed by atoms with van der Waals surface area (Å²) in [6, 6.07) is 15.7. The maximum atomic E-state index is 6.42. The molecule has 1 spiro atoms. The van der Waals surface area contributed by atoms with Crippen LogP contribution in [0.4, 0.5) is 11.4 Å². The number of aryl methyl sites for hydroxylation is 1. The van der Waals surface area contributed by atoms with Gasteiger partial charge in [0.25, 0.3) is 0 Å². The van der Waals surface area contributed by atoms with E-state index in [0.717, 1.165) is 75.6 Å². The number of piperidine rings is 1. The van der Waals surface area contributed by atoms with E-state index < -0.39 is 0 Å². The molecule has 7 unspecified atom stereocenters. The van der Waals surface area contributed by atoms with Crippen molar-refractivity contribution in [3.8, 4) is 0 Å². The molecule has 0 amide bonds. The lowest BCUT2D eigenvalue weighted by atomic mass is 9.51. The van der Waals surface area contributed by atoms with Gasteiger partial charge in [-0.2, -0.15) is 0 Å². The molecule has 1 saturated heterocycles. The molecule has 290 valence electrons. The molecule has 3 aromatic rings. The summed E-state index contributed by atoms with van der Waals surface area (Å²) in [5, 5.41) is 1.25. The third-order valence-electron chi connectivity index (χ3n) is 15.5. The highest BCUT2D eigenvalue weighted by Crippen LogP contribution is 2.66. The van der Waals surface area contributed by atoms with Crippen LogP contribution in [0, 0.1) is 23.7 Å². The lowest BCUT2D eigenvalue weighted by molar-refractivity contribution is 0.00755. The van der Waals surface area contributed by atoms with Gasteiger partial charge in [-0.05, 0) is 160 Å². The lowest BCUT2D eigenvalue weighted by Crippen LogP contribution is -2.62. The standard InChI is InChI=1S/C55H54N2O/c1-3-15-37(16-4-1)38-27-29-40(30-28-38)56(41-32-34-54-46(35-41)45-20-8-14-26-53(45)58-54)42-31-33-44-43-19-7-9-21-47(43)55(50(44)36-42)48-22-10-12-24-51(48)57(39-17-5-2-6-18-39)52-25-13-11-23-49(52)55/h1-5,7,10-15,19,24,26-27,29-39,48-49,52H,6,8-9,16-18,20-23,25,28H2. The number of nitrogens with zero attached hydrogens (tertiary/aromatic N) is 2. The Morgan fingerprint density at radius 2 is 1.55 bits per heavy atom. The number of hydrogen-bond donors (Lipinski definition) is 0. The van der Waals surface area contributed by atoms with Crippen molar-refractivity contribution >= 4 is 34.0 Å². The first-order valence-electron chi connectivity index (χ1n) is 22.5. The minimum absolute atomic E-state index is 0.0488. The molecule has 0 N–H and O–H groups in total. The van der Waals surface area contributed by atoms with Gasteiger partial charge in [0.1, 0.15) is 11.3 Å². The largest absolute Gasteiger partial charge is 0.456 e. The van der Waals surface area contributed by atoms with Gasteiger partial charge >= 0.3 is 0 Å². The van der Waals surface area contributed by atoms with E-state index >= 15 is 0 Å². The van der Waals surface area contributed by atoms with Crippen molar-refractivity contribution in [2.45, 2.75) is 94.5 Å². The fraction of sp³-hybridized carbons (Fsp3) is 0.345. The van der Waals surface area contributed by atoms with E-state index in [1.165, 1.54) is 52.0 Å². The SMILES string of the molecule is C1=CCC(C2C=CC(N(c3ccc4c(c3)C3(C5=C4C=CCC5)C4CC=CC=C4N(C4CC=CCC4)C4CC=CCC43)c3ccc4oc5c(c4c3)CCC=C5)=CC2)C=C1. The van der Waals surface area contributed by atoms with Gasteiger partial charge in [-0.25, -0.2) is 0 Å². The Morgan fingerprint density at radius 1 is 0.690 bits per heavy atom. The lowest BCUT2D eigenvalue weighted by Gasteiger charge is -2.62. The number of allylic oxidation sites excluding steroid dienone is 18. The Hall–Kier alpha value is -5.28. The van der Waals surface area contributed by atoms with Crippen LogP contribution in [-0.2, 0) is 11.8 Å². The van der Waals surface area contributed by atoms with E-state index in [1.54, 1.807) is 16.8 Å². The first-order valence-corrected chi connectivity index (χ1v) is 22.5. The first kappa shape index (κ1) is 34.7. The first-order chi connectivity index (χ1) is 28.8. The van der Waals surface area contributed by atoms with Gasteiger partial charge in [0.05, 0.1) is 0 Å². The maximum Gasteiger partial charge on any atom is 0.135 e. The van der Waals surface area contributed by atoms with E-state index in [-0.39, 0.29) is 5.41 Å². The van der Waals surface area contributed by atoms with Gasteiger partial charge in [-0.1, -0.05) is 103 Å². The van der Waals surface area contributed by atoms with Crippen LogP contribution in [0.2, 0.25) is 0 Å². The summed E-state index contributed by atoms with van der Waals surface area (Å²) in [7, 11) is 0. The summed E-state index contributed by atoms with van der Waals surface area (Å²) in [5.74, 6) is 3.04. The molecular formula is C55H54N2O. The molecule has 1 aliphatic heterocycles. The van der Waals surface area contributed by atoms with Gasteiger partial charge < -0.3 is 14.2 Å². The van der Waals surface area contributed by atoms with Crippen molar-refractivity contribution in [1.82, 2.24) is 4.90 Å². The Bertz CT molecular complexity index is 2540. The third kappa shape index (κ3) is 5.24. The summed E-state index contributed by atoms with van der Waals surface area (Å²) in [6.07, 6.45) is 56.9. The highest BCUT2D eigenvalue weighted by Gasteiger charge is 2.62. The quantitative estimate of drug-likeness (QED) is 0.242. The zero-order chi connectivity index (χ0) is 38.2. The van der Waals surface area contributed by atoms with Gasteiger partial charge in [-0.15, -0.1) is 0 Å². The second-order valence-electron chi connectivity index (χ2n) is 18.2. The number of rotatable bonds is 5. The van der Waals surface area contributed by atoms with Crippen molar-refractivity contribution < 1.29 is 4.42 Å². The predicted molar refractivity (Wildman–Crippen MR) is 240 cm³/mol. The second kappa shape index (κ2) is 13.9. The average Bonchev–Trinajstić information content (AvgIpc) is 3.81. The number of fused-ring (bicyclic) bond motifs is 11. The molecule has 2 aromatic carbocycles. The molecule has 12 rings (SSSR count). The van der Waals surface area contributed by atoms with Crippen LogP contribution >= 0.6 is 0 Å². The van der Waals surface area contributed by atoms with Crippen molar-refractivity contribution in [3.63, 3.8) is 0 Å². The van der Waals surface area contributed by atoms with Gasteiger partial charge in [-0.3, -0.25) is 0 Å². The molecule has 8 aliphatic carbocycles. The normalized spacial score (nSPS) is 31.3. The number of furan rings is 1. The maximum absolute atomic E-state index is 6.42. The van der Waals surface area contributed by atoms with Gasteiger partial charge in [0, 0.05) is 57.1 Å². The van der Waals surface area contributed by atoms with Crippen molar-refractivity contribution in [2.75, 3.05) is 4.90 Å². The molecule has 3 nitrogen and oxygen atoms in total. The second-order valence-corrected chi connectivity index (χ2v) is 18.2. The number of benzene rings is 2. The molecule has 9 aliphatic rings. The van der Waals surface area contributed by atoms with Crippen LogP contribution in [-0.4, -0.2) is 17.0 Å². The predicted octanol–water partition coefficient (Wildman–Crippen LogP) is 13.7. The molecule has 2 heterocycles. The minimum Gasteiger partial charge on any atom is -0.456 e. The topological polar surface area (TPSA) is 19.6 Å². The average molecular weight is 759 g/mol. The molecule has 0 radical (unpaired) electrons. The number of anilines is 2. The zero-order valence-corrected chi connectivity index (χ0v) is 33.6. The van der Waals surface area contributed by atoms with Gasteiger partial charge in [0.15, 0.2) is 0 Å². The van der Waals surface area contributed by atoms with Crippen LogP contribution in [0.1, 0.15) is 93.1 Å². The van der Waals surface area contributed by atoms with Crippen LogP contribution in [0.5, 0.6) is 0 Å². The third-order valence-corrected chi connectivity index (χ3v) is 15.5. The summed E-state index contributed by atoms with van der Waals surface area (Å²) >= 11 is 0. The van der Waals surface area contributed by atoms with E-state index in [1.807, 2.05) is 0 Å². The molecule has 0 bridgehead atoms. The van der Waals surface area contributed by atoms with E-state index in [4.69, 9.17) is 4.42 Å².